The van der Waals surface area contributed by atoms with E-state index in [1.165, 1.54) is 0 Å². The van der Waals surface area contributed by atoms with Gasteiger partial charge in [0.1, 0.15) is 0 Å². The Kier molecular flexibility index (Phi) is 2.52. The van der Waals surface area contributed by atoms with Crippen molar-refractivity contribution >= 4 is 17.3 Å². The van der Waals surface area contributed by atoms with Gasteiger partial charge in [0.15, 0.2) is 11.3 Å². The fourth-order valence-electron chi connectivity index (χ4n) is 1.47. The average Bonchev–Trinajstić information content (AvgIpc) is 2.69. The molecule has 5 nitrogen and oxygen atoms in total. The summed E-state index contributed by atoms with van der Waals surface area (Å²) in [6.07, 6.45) is 3.43. The predicted octanol–water partition coefficient (Wildman–Crippen LogP) is 1.40. The first-order valence-electron chi connectivity index (χ1n) is 5.04. The van der Waals surface area contributed by atoms with E-state index in [2.05, 4.69) is 4.98 Å². The Morgan fingerprint density at radius 1 is 1.62 bits per heavy atom. The summed E-state index contributed by atoms with van der Waals surface area (Å²) >= 11 is 0. The standard InChI is InChI=1S/C11H13N3O2/c1-3-16-11(15)8-6-14-5-4-7(2)9(12)10(14)13-8/h4-6H,3,12H2,1-2H3. The molecule has 2 rings (SSSR count). The number of rotatable bonds is 2. The number of nitrogens with two attached hydrogens (primary N) is 1. The van der Waals surface area contributed by atoms with Gasteiger partial charge in [-0.3, -0.25) is 0 Å². The Morgan fingerprint density at radius 2 is 2.38 bits per heavy atom. The molecule has 16 heavy (non-hydrogen) atoms. The minimum atomic E-state index is -0.428. The van der Waals surface area contributed by atoms with E-state index in [-0.39, 0.29) is 5.69 Å². The number of anilines is 1. The highest BCUT2D eigenvalue weighted by Gasteiger charge is 2.13. The highest BCUT2D eigenvalue weighted by Crippen LogP contribution is 2.17. The van der Waals surface area contributed by atoms with Gasteiger partial charge in [-0.1, -0.05) is 0 Å². The van der Waals surface area contributed by atoms with Crippen LogP contribution >= 0.6 is 0 Å². The molecule has 84 valence electrons. The molecule has 5 heteroatoms. The number of nitrogen functional groups attached to an aromatic ring is 1. The number of aryl methyl sites for hydroxylation is 1. The van der Waals surface area contributed by atoms with Crippen molar-refractivity contribution in [3.05, 3.63) is 29.7 Å². The minimum absolute atomic E-state index is 0.277. The van der Waals surface area contributed by atoms with Crippen LogP contribution in [0.25, 0.3) is 5.65 Å². The van der Waals surface area contributed by atoms with Crippen molar-refractivity contribution in [3.63, 3.8) is 0 Å². The lowest BCUT2D eigenvalue weighted by atomic mass is 10.2. The zero-order chi connectivity index (χ0) is 11.7. The van der Waals surface area contributed by atoms with Gasteiger partial charge in [-0.25, -0.2) is 9.78 Å². The number of ether oxygens (including phenoxy) is 1. The van der Waals surface area contributed by atoms with Gasteiger partial charge in [0, 0.05) is 12.4 Å². The maximum Gasteiger partial charge on any atom is 0.358 e. The number of carbonyl (C=O) groups excluding carboxylic acids is 1. The molecule has 0 unspecified atom stereocenters. The van der Waals surface area contributed by atoms with E-state index in [0.717, 1.165) is 5.56 Å². The van der Waals surface area contributed by atoms with Crippen LogP contribution < -0.4 is 5.73 Å². The summed E-state index contributed by atoms with van der Waals surface area (Å²) < 4.78 is 6.59. The van der Waals surface area contributed by atoms with Gasteiger partial charge in [0.25, 0.3) is 0 Å². The molecule has 0 aromatic carbocycles. The molecule has 0 radical (unpaired) electrons. The fraction of sp³-hybridized carbons (Fsp3) is 0.273. The number of hydrogen-bond donors (Lipinski definition) is 1. The van der Waals surface area contributed by atoms with Gasteiger partial charge >= 0.3 is 5.97 Å². The molecule has 0 aliphatic carbocycles. The van der Waals surface area contributed by atoms with E-state index in [1.54, 1.807) is 17.5 Å². The van der Waals surface area contributed by atoms with Crippen LogP contribution in [-0.4, -0.2) is 22.0 Å². The van der Waals surface area contributed by atoms with Gasteiger partial charge in [0.2, 0.25) is 0 Å². The summed E-state index contributed by atoms with van der Waals surface area (Å²) in [4.78, 5) is 15.6. The second kappa shape index (κ2) is 3.84. The average molecular weight is 219 g/mol. The van der Waals surface area contributed by atoms with Gasteiger partial charge in [-0.15, -0.1) is 0 Å². The number of fused-ring (bicyclic) bond motifs is 1. The molecule has 0 saturated carbocycles. The van der Waals surface area contributed by atoms with E-state index < -0.39 is 5.97 Å². The van der Waals surface area contributed by atoms with E-state index in [0.29, 0.717) is 17.9 Å². The maximum atomic E-state index is 11.5. The number of imidazole rings is 1. The zero-order valence-corrected chi connectivity index (χ0v) is 9.23. The smallest absolute Gasteiger partial charge is 0.358 e. The normalized spacial score (nSPS) is 10.6. The SMILES string of the molecule is CCOC(=O)c1cn2ccc(C)c(N)c2n1. The number of aromatic nitrogens is 2. The number of esters is 1. The second-order valence-electron chi connectivity index (χ2n) is 3.49. The molecule has 0 amide bonds. The Labute approximate surface area is 92.8 Å². The van der Waals surface area contributed by atoms with Gasteiger partial charge in [-0.2, -0.15) is 0 Å². The lowest BCUT2D eigenvalue weighted by Gasteiger charge is -2.00. The molecule has 0 aliphatic rings. The lowest BCUT2D eigenvalue weighted by Crippen LogP contribution is -2.04. The number of hydrogen-bond acceptors (Lipinski definition) is 4. The molecule has 2 heterocycles. The van der Waals surface area contributed by atoms with Crippen molar-refractivity contribution < 1.29 is 9.53 Å². The maximum absolute atomic E-state index is 11.5. The molecular formula is C11H13N3O2. The van der Waals surface area contributed by atoms with Gasteiger partial charge in [0.05, 0.1) is 12.3 Å². The van der Waals surface area contributed by atoms with Crippen molar-refractivity contribution in [2.45, 2.75) is 13.8 Å². The van der Waals surface area contributed by atoms with Crippen molar-refractivity contribution in [2.75, 3.05) is 12.3 Å². The summed E-state index contributed by atoms with van der Waals surface area (Å²) in [5.74, 6) is -0.428. The first kappa shape index (κ1) is 10.5. The van der Waals surface area contributed by atoms with Crippen molar-refractivity contribution in [1.29, 1.82) is 0 Å². The molecule has 0 atom stereocenters. The lowest BCUT2D eigenvalue weighted by molar-refractivity contribution is 0.0520. The van der Waals surface area contributed by atoms with Crippen molar-refractivity contribution in [2.24, 2.45) is 0 Å². The summed E-state index contributed by atoms with van der Waals surface area (Å²) in [7, 11) is 0. The monoisotopic (exact) mass is 219 g/mol. The van der Waals surface area contributed by atoms with Crippen LogP contribution in [0, 0.1) is 6.92 Å². The fourth-order valence-corrected chi connectivity index (χ4v) is 1.47. The number of pyridine rings is 1. The van der Waals surface area contributed by atoms with E-state index in [1.807, 2.05) is 19.2 Å². The van der Waals surface area contributed by atoms with E-state index >= 15 is 0 Å². The Balaban J connectivity index is 2.52. The highest BCUT2D eigenvalue weighted by atomic mass is 16.5. The summed E-state index contributed by atoms with van der Waals surface area (Å²) in [6.45, 7) is 3.99. The molecule has 0 saturated heterocycles. The summed E-state index contributed by atoms with van der Waals surface area (Å²) in [6, 6.07) is 1.87. The van der Waals surface area contributed by atoms with Crippen molar-refractivity contribution in [1.82, 2.24) is 9.38 Å². The topological polar surface area (TPSA) is 69.6 Å². The number of carbonyl (C=O) groups is 1. The largest absolute Gasteiger partial charge is 0.461 e. The van der Waals surface area contributed by atoms with Crippen LogP contribution in [0.5, 0.6) is 0 Å². The van der Waals surface area contributed by atoms with E-state index in [4.69, 9.17) is 10.5 Å². The molecule has 2 N–H and O–H groups in total. The Bertz CT molecular complexity index is 545. The Morgan fingerprint density at radius 3 is 3.06 bits per heavy atom. The molecule has 2 aromatic heterocycles. The van der Waals surface area contributed by atoms with Crippen LogP contribution in [0.1, 0.15) is 23.0 Å². The van der Waals surface area contributed by atoms with E-state index in [9.17, 15) is 4.79 Å². The number of nitrogens with zero attached hydrogens (tertiary/aromatic N) is 2. The molecule has 2 aromatic rings. The zero-order valence-electron chi connectivity index (χ0n) is 9.23. The summed E-state index contributed by atoms with van der Waals surface area (Å²) in [5, 5.41) is 0. The Hall–Kier alpha value is -2.04. The quantitative estimate of drug-likeness (QED) is 0.775. The third kappa shape index (κ3) is 1.60. The molecule has 0 fully saturated rings. The molecule has 0 spiro atoms. The molecular weight excluding hydrogens is 206 g/mol. The first-order chi connectivity index (χ1) is 7.63. The highest BCUT2D eigenvalue weighted by molar-refractivity contribution is 5.89. The van der Waals surface area contributed by atoms with Gasteiger partial charge in [-0.05, 0) is 25.5 Å². The summed E-state index contributed by atoms with van der Waals surface area (Å²) in [5.41, 5.74) is 8.25. The van der Waals surface area contributed by atoms with Crippen LogP contribution in [0.15, 0.2) is 18.5 Å². The van der Waals surface area contributed by atoms with Gasteiger partial charge < -0.3 is 14.9 Å². The first-order valence-corrected chi connectivity index (χ1v) is 5.04. The van der Waals surface area contributed by atoms with Crippen LogP contribution in [0.4, 0.5) is 5.69 Å². The van der Waals surface area contributed by atoms with Crippen LogP contribution in [0.2, 0.25) is 0 Å². The molecule has 0 bridgehead atoms. The molecule has 0 aliphatic heterocycles. The van der Waals surface area contributed by atoms with Crippen LogP contribution in [0.3, 0.4) is 0 Å². The third-order valence-electron chi connectivity index (χ3n) is 2.37. The third-order valence-corrected chi connectivity index (χ3v) is 2.37. The second-order valence-corrected chi connectivity index (χ2v) is 3.49. The predicted molar refractivity (Wildman–Crippen MR) is 60.3 cm³/mol. The van der Waals surface area contributed by atoms with Crippen molar-refractivity contribution in [3.8, 4) is 0 Å². The van der Waals surface area contributed by atoms with Crippen LogP contribution in [-0.2, 0) is 4.74 Å². The minimum Gasteiger partial charge on any atom is -0.461 e.